The summed E-state index contributed by atoms with van der Waals surface area (Å²) >= 11 is 0. The molecule has 1 atom stereocenters. The third-order valence-electron chi connectivity index (χ3n) is 2.89. The van der Waals surface area contributed by atoms with Gasteiger partial charge < -0.3 is 26.5 Å². The van der Waals surface area contributed by atoms with Gasteiger partial charge in [-0.2, -0.15) is 0 Å². The van der Waals surface area contributed by atoms with E-state index in [9.17, 15) is 14.7 Å². The van der Waals surface area contributed by atoms with Crippen molar-refractivity contribution in [2.75, 3.05) is 6.54 Å². The Hall–Kier alpha value is -0.140. The molecule has 1 unspecified atom stereocenters. The van der Waals surface area contributed by atoms with Gasteiger partial charge in [0.1, 0.15) is 6.04 Å². The van der Waals surface area contributed by atoms with E-state index in [0.717, 1.165) is 38.5 Å². The van der Waals surface area contributed by atoms with Gasteiger partial charge in [0.05, 0.1) is 0 Å². The van der Waals surface area contributed by atoms with E-state index in [-0.39, 0.29) is 35.5 Å². The van der Waals surface area contributed by atoms with Crippen LogP contribution in [-0.2, 0) is 9.59 Å². The van der Waals surface area contributed by atoms with Crippen LogP contribution in [-0.4, -0.2) is 29.6 Å². The van der Waals surface area contributed by atoms with E-state index in [4.69, 9.17) is 16.6 Å². The average Bonchev–Trinajstić information content (AvgIpc) is 2.39. The van der Waals surface area contributed by atoms with E-state index >= 15 is 0 Å². The fraction of sp³-hybridized carbons (Fsp3) is 0.857. The van der Waals surface area contributed by atoms with E-state index in [2.05, 4.69) is 0 Å². The van der Waals surface area contributed by atoms with Gasteiger partial charge in [-0.15, -0.1) is 0 Å². The predicted molar refractivity (Wildman–Crippen MR) is 76.8 cm³/mol. The van der Waals surface area contributed by atoms with E-state index in [1.165, 1.54) is 0 Å². The summed E-state index contributed by atoms with van der Waals surface area (Å²) in [4.78, 5) is 20.5. The molecule has 6 nitrogen and oxygen atoms in total. The molecule has 5 N–H and O–H groups in total. The van der Waals surface area contributed by atoms with Crippen molar-refractivity contribution < 1.29 is 49.4 Å². The molecule has 0 amide bonds. The Labute approximate surface area is 149 Å². The monoisotopic (exact) mass is 312 g/mol. The van der Waals surface area contributed by atoms with Gasteiger partial charge in [0.25, 0.3) is 0 Å². The predicted octanol–water partition coefficient (Wildman–Crippen LogP) is -2.52. The minimum Gasteiger partial charge on any atom is -0.550 e. The fourth-order valence-corrected chi connectivity index (χ4v) is 1.71. The summed E-state index contributed by atoms with van der Waals surface area (Å²) in [6, 6.07) is -0.716. The molecule has 0 bridgehead atoms. The van der Waals surface area contributed by atoms with Crippen LogP contribution in [0.25, 0.3) is 0 Å². The first-order valence-electron chi connectivity index (χ1n) is 7.29. The fourth-order valence-electron chi connectivity index (χ4n) is 1.71. The van der Waals surface area contributed by atoms with E-state index in [1.807, 2.05) is 13.8 Å². The topological polar surface area (TPSA) is 129 Å². The third kappa shape index (κ3) is 17.8. The second-order valence-corrected chi connectivity index (χ2v) is 4.82. The Kier molecular flexibility index (Phi) is 22.0. The van der Waals surface area contributed by atoms with Crippen LogP contribution in [0.4, 0.5) is 0 Å². The zero-order valence-electron chi connectivity index (χ0n) is 13.6. The zero-order chi connectivity index (χ0) is 16.0. The Bertz CT molecular complexity index is 259. The van der Waals surface area contributed by atoms with Gasteiger partial charge in [-0.05, 0) is 38.1 Å². The summed E-state index contributed by atoms with van der Waals surface area (Å²) in [5.74, 6) is -2.03. The summed E-state index contributed by atoms with van der Waals surface area (Å²) in [7, 11) is 0. The van der Waals surface area contributed by atoms with Crippen LogP contribution in [0.1, 0.15) is 58.8 Å². The van der Waals surface area contributed by atoms with Gasteiger partial charge in [-0.1, -0.05) is 33.1 Å². The first-order chi connectivity index (χ1) is 9.40. The number of nitrogens with two attached hydrogens (primary N) is 2. The third-order valence-corrected chi connectivity index (χ3v) is 2.89. The van der Waals surface area contributed by atoms with Crippen LogP contribution < -0.4 is 46.1 Å². The summed E-state index contributed by atoms with van der Waals surface area (Å²) < 4.78 is 0. The minimum absolute atomic E-state index is 0. The molecule has 0 rings (SSSR count). The van der Waals surface area contributed by atoms with Crippen LogP contribution in [0.3, 0.4) is 0 Å². The first kappa shape index (κ1) is 25.8. The molecular weight excluding hydrogens is 283 g/mol. The molecule has 0 aliphatic heterocycles. The summed E-state index contributed by atoms with van der Waals surface area (Å²) in [5.41, 5.74) is 10.4. The SMILES string of the molecule is CCCC(CCC)C(=O)[O-].NCCCCC(N)C(=O)O.[Na+]. The van der Waals surface area contributed by atoms with Crippen molar-refractivity contribution in [1.29, 1.82) is 0 Å². The van der Waals surface area contributed by atoms with Crippen molar-refractivity contribution in [2.45, 2.75) is 64.8 Å². The Morgan fingerprint density at radius 1 is 1.10 bits per heavy atom. The molecule has 0 heterocycles. The van der Waals surface area contributed by atoms with E-state index in [1.54, 1.807) is 0 Å². The minimum atomic E-state index is -0.933. The number of carbonyl (C=O) groups excluding carboxylic acids is 1. The molecule has 0 fully saturated rings. The molecular formula is C14H29N2NaO4. The molecule has 0 spiro atoms. The van der Waals surface area contributed by atoms with Crippen LogP contribution in [0, 0.1) is 5.92 Å². The summed E-state index contributed by atoms with van der Waals surface area (Å²) in [6.45, 7) is 4.59. The molecule has 0 saturated carbocycles. The smallest absolute Gasteiger partial charge is 0.550 e. The second-order valence-electron chi connectivity index (χ2n) is 4.82. The van der Waals surface area contributed by atoms with Crippen molar-refractivity contribution in [3.63, 3.8) is 0 Å². The molecule has 0 aromatic heterocycles. The van der Waals surface area contributed by atoms with Gasteiger partial charge in [0.2, 0.25) is 0 Å². The number of unbranched alkanes of at least 4 members (excludes halogenated alkanes) is 1. The van der Waals surface area contributed by atoms with E-state index < -0.39 is 18.0 Å². The van der Waals surface area contributed by atoms with Crippen molar-refractivity contribution >= 4 is 11.9 Å². The molecule has 0 aliphatic rings. The van der Waals surface area contributed by atoms with Crippen LogP contribution in [0.15, 0.2) is 0 Å². The molecule has 0 radical (unpaired) electrons. The maximum absolute atomic E-state index is 10.4. The standard InChI is InChI=1S/C8H16O2.C6H14N2O2.Na/c1-3-5-7(6-4-2)8(9)10;7-4-2-1-3-5(8)6(9)10;/h7H,3-6H2,1-2H3,(H,9,10);5H,1-4,7-8H2,(H,9,10);/q;;+1/p-1. The Morgan fingerprint density at radius 3 is 1.86 bits per heavy atom. The summed E-state index contributed by atoms with van der Waals surface area (Å²) in [5, 5.41) is 18.7. The number of aliphatic carboxylic acids is 2. The quantitative estimate of drug-likeness (QED) is 0.302. The number of carboxylic acids is 2. The molecule has 0 saturated heterocycles. The van der Waals surface area contributed by atoms with Crippen molar-refractivity contribution in [1.82, 2.24) is 0 Å². The summed E-state index contributed by atoms with van der Waals surface area (Å²) in [6.07, 6.45) is 5.54. The van der Waals surface area contributed by atoms with Crippen molar-refractivity contribution in [3.05, 3.63) is 0 Å². The van der Waals surface area contributed by atoms with E-state index in [0.29, 0.717) is 13.0 Å². The zero-order valence-corrected chi connectivity index (χ0v) is 15.6. The maximum Gasteiger partial charge on any atom is 1.00 e. The number of hydrogen-bond donors (Lipinski definition) is 3. The molecule has 0 aromatic carbocycles. The van der Waals surface area contributed by atoms with Crippen LogP contribution in [0.2, 0.25) is 0 Å². The molecule has 0 aliphatic carbocycles. The number of carboxylic acid groups (broad SMARTS) is 2. The normalized spacial score (nSPS) is 11.1. The number of carbonyl (C=O) groups is 2. The molecule has 120 valence electrons. The Balaban J connectivity index is -0.000000295. The van der Waals surface area contributed by atoms with Crippen molar-refractivity contribution in [3.8, 4) is 0 Å². The maximum atomic E-state index is 10.4. The number of hydrogen-bond acceptors (Lipinski definition) is 5. The van der Waals surface area contributed by atoms with Gasteiger partial charge in [-0.3, -0.25) is 4.79 Å². The molecule has 0 aromatic rings. The molecule has 7 heteroatoms. The first-order valence-corrected chi connectivity index (χ1v) is 7.29. The van der Waals surface area contributed by atoms with Crippen LogP contribution in [0.5, 0.6) is 0 Å². The van der Waals surface area contributed by atoms with Crippen LogP contribution >= 0.6 is 0 Å². The molecule has 21 heavy (non-hydrogen) atoms. The van der Waals surface area contributed by atoms with Gasteiger partial charge >= 0.3 is 35.5 Å². The second kappa shape index (κ2) is 17.9. The number of rotatable bonds is 10. The largest absolute Gasteiger partial charge is 1.00 e. The Morgan fingerprint density at radius 2 is 1.57 bits per heavy atom. The average molecular weight is 312 g/mol. The van der Waals surface area contributed by atoms with Gasteiger partial charge in [0, 0.05) is 5.97 Å². The van der Waals surface area contributed by atoms with Crippen molar-refractivity contribution in [2.24, 2.45) is 17.4 Å². The van der Waals surface area contributed by atoms with Gasteiger partial charge in [-0.25, -0.2) is 0 Å². The van der Waals surface area contributed by atoms with Gasteiger partial charge in [0.15, 0.2) is 0 Å².